The molecule has 1 aromatic carbocycles. The number of ketones is 1. The van der Waals surface area contributed by atoms with Gasteiger partial charge in [0.2, 0.25) is 0 Å². The van der Waals surface area contributed by atoms with Crippen molar-refractivity contribution in [1.82, 2.24) is 0 Å². The van der Waals surface area contributed by atoms with Gasteiger partial charge in [0.1, 0.15) is 17.4 Å². The van der Waals surface area contributed by atoms with E-state index in [0.29, 0.717) is 24.3 Å². The lowest BCUT2D eigenvalue weighted by molar-refractivity contribution is -0.125. The minimum absolute atomic E-state index is 0.139. The molecule has 0 spiro atoms. The summed E-state index contributed by atoms with van der Waals surface area (Å²) in [6.45, 7) is 2.11. The Morgan fingerprint density at radius 1 is 1.33 bits per heavy atom. The first-order valence-corrected chi connectivity index (χ1v) is 6.56. The minimum Gasteiger partial charge on any atom is -0.299 e. The van der Waals surface area contributed by atoms with Crippen LogP contribution in [-0.4, -0.2) is 5.78 Å². The van der Waals surface area contributed by atoms with Crippen LogP contribution < -0.4 is 0 Å². The maximum atomic E-state index is 13.6. The number of halogens is 2. The second-order valence-electron chi connectivity index (χ2n) is 5.15. The smallest absolute Gasteiger partial charge is 0.136 e. The van der Waals surface area contributed by atoms with Crippen molar-refractivity contribution in [3.8, 4) is 0 Å². The number of Topliss-reactive ketones (excluding diaryl/α,β-unsaturated/α-hetero) is 1. The standard InChI is InChI=1S/C15H18F2O/c1-2-10-3-6-15(18)12(7-10)8-11-9-13(16)4-5-14(11)17/h4-5,9-10,12H,2-3,6-8H2,1H3. The summed E-state index contributed by atoms with van der Waals surface area (Å²) in [6, 6.07) is 3.45. The van der Waals surface area contributed by atoms with Gasteiger partial charge in [-0.05, 0) is 48.9 Å². The Morgan fingerprint density at radius 2 is 2.11 bits per heavy atom. The van der Waals surface area contributed by atoms with E-state index in [0.717, 1.165) is 31.4 Å². The van der Waals surface area contributed by atoms with Crippen molar-refractivity contribution in [1.29, 1.82) is 0 Å². The van der Waals surface area contributed by atoms with Crippen LogP contribution in [0.15, 0.2) is 18.2 Å². The molecule has 1 aliphatic carbocycles. The van der Waals surface area contributed by atoms with Crippen molar-refractivity contribution in [2.75, 3.05) is 0 Å². The summed E-state index contributed by atoms with van der Waals surface area (Å²) in [6.07, 6.45) is 3.72. The molecule has 2 rings (SSSR count). The average molecular weight is 252 g/mol. The number of rotatable bonds is 3. The molecule has 2 unspecified atom stereocenters. The van der Waals surface area contributed by atoms with Gasteiger partial charge in [0, 0.05) is 12.3 Å². The summed E-state index contributed by atoms with van der Waals surface area (Å²) < 4.78 is 26.6. The third-order valence-electron chi connectivity index (χ3n) is 3.92. The highest BCUT2D eigenvalue weighted by molar-refractivity contribution is 5.82. The van der Waals surface area contributed by atoms with Crippen LogP contribution in [0, 0.1) is 23.5 Å². The van der Waals surface area contributed by atoms with Crippen molar-refractivity contribution in [3.63, 3.8) is 0 Å². The van der Waals surface area contributed by atoms with Crippen LogP contribution in [0.2, 0.25) is 0 Å². The molecule has 0 amide bonds. The lowest BCUT2D eigenvalue weighted by Gasteiger charge is -2.27. The molecular formula is C15H18F2O. The highest BCUT2D eigenvalue weighted by Crippen LogP contribution is 2.31. The molecule has 1 fully saturated rings. The quantitative estimate of drug-likeness (QED) is 0.797. The number of hydrogen-bond donors (Lipinski definition) is 0. The third kappa shape index (κ3) is 2.95. The van der Waals surface area contributed by atoms with Crippen molar-refractivity contribution in [2.45, 2.75) is 39.0 Å². The lowest BCUT2D eigenvalue weighted by atomic mass is 9.77. The predicted molar refractivity (Wildman–Crippen MR) is 66.2 cm³/mol. The molecule has 0 aliphatic heterocycles. The Hall–Kier alpha value is -1.25. The topological polar surface area (TPSA) is 17.1 Å². The highest BCUT2D eigenvalue weighted by Gasteiger charge is 2.28. The second kappa shape index (κ2) is 5.59. The van der Waals surface area contributed by atoms with E-state index in [1.807, 2.05) is 0 Å². The molecule has 1 nitrogen and oxygen atoms in total. The monoisotopic (exact) mass is 252 g/mol. The molecule has 1 aliphatic rings. The molecule has 0 radical (unpaired) electrons. The fourth-order valence-electron chi connectivity index (χ4n) is 2.74. The Kier molecular flexibility index (Phi) is 4.10. The van der Waals surface area contributed by atoms with Crippen molar-refractivity contribution < 1.29 is 13.6 Å². The number of carbonyl (C=O) groups is 1. The van der Waals surface area contributed by atoms with Gasteiger partial charge < -0.3 is 0 Å². The van der Waals surface area contributed by atoms with E-state index in [4.69, 9.17) is 0 Å². The predicted octanol–water partition coefficient (Wildman–Crippen LogP) is 3.90. The lowest BCUT2D eigenvalue weighted by Crippen LogP contribution is -2.26. The first-order valence-electron chi connectivity index (χ1n) is 6.56. The Labute approximate surface area is 106 Å². The SMILES string of the molecule is CCC1CCC(=O)C(Cc2cc(F)ccc2F)C1. The van der Waals surface area contributed by atoms with E-state index in [1.165, 1.54) is 6.07 Å². The molecule has 0 heterocycles. The molecule has 1 saturated carbocycles. The van der Waals surface area contributed by atoms with Gasteiger partial charge >= 0.3 is 0 Å². The summed E-state index contributed by atoms with van der Waals surface area (Å²) in [7, 11) is 0. The van der Waals surface area contributed by atoms with Crippen LogP contribution in [0.1, 0.15) is 38.2 Å². The number of hydrogen-bond acceptors (Lipinski definition) is 1. The van der Waals surface area contributed by atoms with Gasteiger partial charge in [-0.2, -0.15) is 0 Å². The van der Waals surface area contributed by atoms with Crippen LogP contribution >= 0.6 is 0 Å². The van der Waals surface area contributed by atoms with Gasteiger partial charge in [-0.15, -0.1) is 0 Å². The first kappa shape index (κ1) is 13.2. The third-order valence-corrected chi connectivity index (χ3v) is 3.92. The normalized spacial score (nSPS) is 24.3. The molecule has 0 saturated heterocycles. The molecule has 3 heteroatoms. The first-order chi connectivity index (χ1) is 8.60. The van der Waals surface area contributed by atoms with Gasteiger partial charge in [0.25, 0.3) is 0 Å². The van der Waals surface area contributed by atoms with E-state index in [9.17, 15) is 13.6 Å². The average Bonchev–Trinajstić information content (AvgIpc) is 2.36. The van der Waals surface area contributed by atoms with Gasteiger partial charge in [-0.25, -0.2) is 8.78 Å². The van der Waals surface area contributed by atoms with Crippen LogP contribution in [0.4, 0.5) is 8.78 Å². The van der Waals surface area contributed by atoms with Crippen LogP contribution in [-0.2, 0) is 11.2 Å². The van der Waals surface area contributed by atoms with Crippen molar-refractivity contribution >= 4 is 5.78 Å². The fourth-order valence-corrected chi connectivity index (χ4v) is 2.74. The molecule has 0 bridgehead atoms. The van der Waals surface area contributed by atoms with E-state index in [2.05, 4.69) is 6.92 Å². The van der Waals surface area contributed by atoms with E-state index in [1.54, 1.807) is 0 Å². The minimum atomic E-state index is -0.443. The molecule has 98 valence electrons. The van der Waals surface area contributed by atoms with E-state index in [-0.39, 0.29) is 11.7 Å². The van der Waals surface area contributed by atoms with Gasteiger partial charge in [0.05, 0.1) is 0 Å². The zero-order chi connectivity index (χ0) is 13.1. The largest absolute Gasteiger partial charge is 0.299 e. The van der Waals surface area contributed by atoms with Crippen LogP contribution in [0.25, 0.3) is 0 Å². The summed E-state index contributed by atoms with van der Waals surface area (Å²) >= 11 is 0. The summed E-state index contributed by atoms with van der Waals surface area (Å²) in [4.78, 5) is 11.8. The maximum Gasteiger partial charge on any atom is 0.136 e. The molecule has 2 atom stereocenters. The van der Waals surface area contributed by atoms with Gasteiger partial charge in [0.15, 0.2) is 0 Å². The number of benzene rings is 1. The van der Waals surface area contributed by atoms with Crippen molar-refractivity contribution in [3.05, 3.63) is 35.4 Å². The zero-order valence-electron chi connectivity index (χ0n) is 10.6. The number of carbonyl (C=O) groups excluding carboxylic acids is 1. The Bertz CT molecular complexity index is 442. The molecule has 18 heavy (non-hydrogen) atoms. The van der Waals surface area contributed by atoms with Gasteiger partial charge in [-0.3, -0.25) is 4.79 Å². The summed E-state index contributed by atoms with van der Waals surface area (Å²) in [5, 5.41) is 0. The molecule has 1 aromatic rings. The summed E-state index contributed by atoms with van der Waals surface area (Å²) in [5.41, 5.74) is 0.324. The zero-order valence-corrected chi connectivity index (χ0v) is 10.6. The molecular weight excluding hydrogens is 234 g/mol. The highest BCUT2D eigenvalue weighted by atomic mass is 19.1. The molecule has 0 N–H and O–H groups in total. The second-order valence-corrected chi connectivity index (χ2v) is 5.15. The Balaban J connectivity index is 2.11. The van der Waals surface area contributed by atoms with Crippen LogP contribution in [0.3, 0.4) is 0 Å². The van der Waals surface area contributed by atoms with Gasteiger partial charge in [-0.1, -0.05) is 13.3 Å². The van der Waals surface area contributed by atoms with E-state index < -0.39 is 11.6 Å². The fraction of sp³-hybridized carbons (Fsp3) is 0.533. The van der Waals surface area contributed by atoms with Crippen LogP contribution in [0.5, 0.6) is 0 Å². The Morgan fingerprint density at radius 3 is 2.83 bits per heavy atom. The molecule has 0 aromatic heterocycles. The van der Waals surface area contributed by atoms with Crippen molar-refractivity contribution in [2.24, 2.45) is 11.8 Å². The van der Waals surface area contributed by atoms with E-state index >= 15 is 0 Å². The summed E-state index contributed by atoms with van der Waals surface area (Å²) in [5.74, 6) is -0.253. The maximum absolute atomic E-state index is 13.6.